The Labute approximate surface area is 95.1 Å². The van der Waals surface area contributed by atoms with Crippen molar-refractivity contribution in [3.63, 3.8) is 0 Å². The van der Waals surface area contributed by atoms with Crippen LogP contribution >= 0.6 is 11.3 Å². The van der Waals surface area contributed by atoms with Crippen LogP contribution in [-0.4, -0.2) is 26.5 Å². The second kappa shape index (κ2) is 5.88. The number of anilines is 1. The van der Waals surface area contributed by atoms with Gasteiger partial charge in [0.25, 0.3) is 0 Å². The lowest BCUT2D eigenvalue weighted by Gasteiger charge is -2.16. The van der Waals surface area contributed by atoms with Gasteiger partial charge in [-0.3, -0.25) is 4.79 Å². The lowest BCUT2D eigenvalue weighted by Crippen LogP contribution is -2.26. The Morgan fingerprint density at radius 3 is 2.87 bits per heavy atom. The van der Waals surface area contributed by atoms with E-state index in [0.29, 0.717) is 6.42 Å². The van der Waals surface area contributed by atoms with Crippen molar-refractivity contribution >= 4 is 22.2 Å². The number of carbonyl (C=O) groups excluding carboxylic acids is 1. The molecule has 3 nitrogen and oxygen atoms in total. The Balaban J connectivity index is 2.50. The van der Waals surface area contributed by atoms with Crippen LogP contribution in [0.3, 0.4) is 0 Å². The standard InChI is InChI=1S/C11H18N2OS/c1-9-6-8-15-11(9)13(3)10(14)5-4-7-12-2/h6,8,12H,4-5,7H2,1-3H3. The third kappa shape index (κ3) is 3.32. The van der Waals surface area contributed by atoms with Gasteiger partial charge >= 0.3 is 0 Å². The third-order valence-electron chi connectivity index (χ3n) is 2.33. The van der Waals surface area contributed by atoms with E-state index in [0.717, 1.165) is 18.0 Å². The zero-order valence-corrected chi connectivity index (χ0v) is 10.4. The minimum absolute atomic E-state index is 0.191. The van der Waals surface area contributed by atoms with E-state index in [4.69, 9.17) is 0 Å². The van der Waals surface area contributed by atoms with Crippen LogP contribution in [0.15, 0.2) is 11.4 Å². The molecule has 0 atom stereocenters. The molecule has 1 rings (SSSR count). The lowest BCUT2D eigenvalue weighted by atomic mass is 10.2. The number of hydrogen-bond acceptors (Lipinski definition) is 3. The van der Waals surface area contributed by atoms with Crippen molar-refractivity contribution in [2.24, 2.45) is 0 Å². The maximum atomic E-state index is 11.8. The van der Waals surface area contributed by atoms with E-state index < -0.39 is 0 Å². The summed E-state index contributed by atoms with van der Waals surface area (Å²) in [5.74, 6) is 0.191. The van der Waals surface area contributed by atoms with Crippen LogP contribution in [0.4, 0.5) is 5.00 Å². The van der Waals surface area contributed by atoms with Crippen molar-refractivity contribution < 1.29 is 4.79 Å². The highest BCUT2D eigenvalue weighted by atomic mass is 32.1. The van der Waals surface area contributed by atoms with Gasteiger partial charge in [0.1, 0.15) is 5.00 Å². The molecule has 1 heterocycles. The van der Waals surface area contributed by atoms with Crippen molar-refractivity contribution in [3.8, 4) is 0 Å². The quantitative estimate of drug-likeness (QED) is 0.779. The van der Waals surface area contributed by atoms with Gasteiger partial charge in [0, 0.05) is 13.5 Å². The number of aryl methyl sites for hydroxylation is 1. The molecule has 84 valence electrons. The molecular formula is C11H18N2OS. The van der Waals surface area contributed by atoms with E-state index >= 15 is 0 Å². The molecule has 0 unspecified atom stereocenters. The van der Waals surface area contributed by atoms with Crippen LogP contribution in [-0.2, 0) is 4.79 Å². The van der Waals surface area contributed by atoms with E-state index in [-0.39, 0.29) is 5.91 Å². The summed E-state index contributed by atoms with van der Waals surface area (Å²) in [6.07, 6.45) is 1.50. The molecule has 0 aliphatic carbocycles. The highest BCUT2D eigenvalue weighted by molar-refractivity contribution is 7.14. The molecule has 1 amide bonds. The van der Waals surface area contributed by atoms with Gasteiger partial charge in [-0.05, 0) is 43.9 Å². The van der Waals surface area contributed by atoms with Gasteiger partial charge in [0.05, 0.1) is 0 Å². The Bertz CT molecular complexity index is 322. The maximum Gasteiger partial charge on any atom is 0.227 e. The maximum absolute atomic E-state index is 11.8. The number of nitrogens with zero attached hydrogens (tertiary/aromatic N) is 1. The molecule has 1 aromatic rings. The average Bonchev–Trinajstić information content (AvgIpc) is 2.63. The van der Waals surface area contributed by atoms with Crippen molar-refractivity contribution in [2.45, 2.75) is 19.8 Å². The van der Waals surface area contributed by atoms with Crippen LogP contribution in [0.25, 0.3) is 0 Å². The lowest BCUT2D eigenvalue weighted by molar-refractivity contribution is -0.118. The summed E-state index contributed by atoms with van der Waals surface area (Å²) < 4.78 is 0. The fourth-order valence-electron chi connectivity index (χ4n) is 1.41. The second-order valence-electron chi connectivity index (χ2n) is 3.57. The van der Waals surface area contributed by atoms with Crippen molar-refractivity contribution in [3.05, 3.63) is 17.0 Å². The molecule has 0 saturated heterocycles. The van der Waals surface area contributed by atoms with Crippen LogP contribution in [0.1, 0.15) is 18.4 Å². The van der Waals surface area contributed by atoms with E-state index in [1.807, 2.05) is 32.5 Å². The first-order valence-electron chi connectivity index (χ1n) is 5.12. The smallest absolute Gasteiger partial charge is 0.227 e. The molecule has 15 heavy (non-hydrogen) atoms. The molecule has 1 aromatic heterocycles. The molecule has 0 bridgehead atoms. The van der Waals surface area contributed by atoms with E-state index in [1.54, 1.807) is 16.2 Å². The van der Waals surface area contributed by atoms with Gasteiger partial charge in [-0.1, -0.05) is 0 Å². The third-order valence-corrected chi connectivity index (χ3v) is 3.42. The van der Waals surface area contributed by atoms with Gasteiger partial charge in [-0.15, -0.1) is 11.3 Å². The second-order valence-corrected chi connectivity index (χ2v) is 4.46. The Morgan fingerprint density at radius 2 is 2.33 bits per heavy atom. The highest BCUT2D eigenvalue weighted by Crippen LogP contribution is 2.26. The minimum atomic E-state index is 0.191. The largest absolute Gasteiger partial charge is 0.320 e. The van der Waals surface area contributed by atoms with E-state index in [1.165, 1.54) is 5.56 Å². The summed E-state index contributed by atoms with van der Waals surface area (Å²) in [5, 5.41) is 6.12. The van der Waals surface area contributed by atoms with Crippen molar-refractivity contribution in [2.75, 3.05) is 25.5 Å². The molecule has 0 radical (unpaired) electrons. The average molecular weight is 226 g/mol. The van der Waals surface area contributed by atoms with E-state index in [9.17, 15) is 4.79 Å². The number of nitrogens with one attached hydrogen (secondary N) is 1. The SMILES string of the molecule is CNCCCC(=O)N(C)c1sccc1C. The minimum Gasteiger partial charge on any atom is -0.320 e. The number of thiophene rings is 1. The zero-order chi connectivity index (χ0) is 11.3. The zero-order valence-electron chi connectivity index (χ0n) is 9.54. The molecule has 0 spiro atoms. The molecule has 0 aromatic carbocycles. The van der Waals surface area contributed by atoms with Crippen LogP contribution in [0.5, 0.6) is 0 Å². The van der Waals surface area contributed by atoms with Crippen LogP contribution in [0.2, 0.25) is 0 Å². The van der Waals surface area contributed by atoms with E-state index in [2.05, 4.69) is 5.32 Å². The van der Waals surface area contributed by atoms with Gasteiger partial charge in [0.15, 0.2) is 0 Å². The predicted octanol–water partition coefficient (Wildman–Crippen LogP) is 2.02. The fourth-order valence-corrected chi connectivity index (χ4v) is 2.32. The molecule has 0 fully saturated rings. The van der Waals surface area contributed by atoms with Gasteiger partial charge in [-0.25, -0.2) is 0 Å². The molecular weight excluding hydrogens is 208 g/mol. The highest BCUT2D eigenvalue weighted by Gasteiger charge is 2.13. The summed E-state index contributed by atoms with van der Waals surface area (Å²) in [7, 11) is 3.75. The van der Waals surface area contributed by atoms with Gasteiger partial charge in [-0.2, -0.15) is 0 Å². The van der Waals surface area contributed by atoms with Crippen molar-refractivity contribution in [1.29, 1.82) is 0 Å². The molecule has 4 heteroatoms. The first-order valence-corrected chi connectivity index (χ1v) is 6.00. The van der Waals surface area contributed by atoms with Crippen LogP contribution in [0, 0.1) is 6.92 Å². The number of amides is 1. The number of hydrogen-bond donors (Lipinski definition) is 1. The predicted molar refractivity (Wildman–Crippen MR) is 65.6 cm³/mol. The molecule has 0 saturated carbocycles. The topological polar surface area (TPSA) is 32.3 Å². The Morgan fingerprint density at radius 1 is 1.60 bits per heavy atom. The summed E-state index contributed by atoms with van der Waals surface area (Å²) >= 11 is 1.61. The van der Waals surface area contributed by atoms with Crippen molar-refractivity contribution in [1.82, 2.24) is 5.32 Å². The van der Waals surface area contributed by atoms with Gasteiger partial charge < -0.3 is 10.2 Å². The molecule has 0 aliphatic heterocycles. The van der Waals surface area contributed by atoms with Gasteiger partial charge in [0.2, 0.25) is 5.91 Å². The molecule has 0 aliphatic rings. The normalized spacial score (nSPS) is 10.3. The molecule has 1 N–H and O–H groups in total. The summed E-state index contributed by atoms with van der Waals surface area (Å²) in [4.78, 5) is 13.5. The van der Waals surface area contributed by atoms with Crippen LogP contribution < -0.4 is 10.2 Å². The monoisotopic (exact) mass is 226 g/mol. The summed E-state index contributed by atoms with van der Waals surface area (Å²) in [6, 6.07) is 2.04. The summed E-state index contributed by atoms with van der Waals surface area (Å²) in [6.45, 7) is 2.92. The summed E-state index contributed by atoms with van der Waals surface area (Å²) in [5.41, 5.74) is 1.17. The Kier molecular flexibility index (Phi) is 4.78. The number of rotatable bonds is 5. The first kappa shape index (κ1) is 12.2. The Hall–Kier alpha value is -0.870. The fraction of sp³-hybridized carbons (Fsp3) is 0.545. The first-order chi connectivity index (χ1) is 7.16. The number of carbonyl (C=O) groups is 1.